The minimum absolute atomic E-state index is 0.762. The Morgan fingerprint density at radius 3 is 2.47 bits per heavy atom. The Bertz CT molecular complexity index is 540. The van der Waals surface area contributed by atoms with Crippen LogP contribution in [0.3, 0.4) is 0 Å². The van der Waals surface area contributed by atoms with E-state index in [0.717, 1.165) is 34.8 Å². The van der Waals surface area contributed by atoms with Crippen molar-refractivity contribution in [3.63, 3.8) is 0 Å². The normalized spacial score (nSPS) is 10.3. The average molecular weight is 321 g/mol. The first kappa shape index (κ1) is 13.8. The molecule has 2 rings (SSSR count). The van der Waals surface area contributed by atoms with Crippen molar-refractivity contribution in [1.82, 2.24) is 9.97 Å². The minimum atomic E-state index is 0.762. The molecule has 0 radical (unpaired) electrons. The number of nitrogens with one attached hydrogen (secondary N) is 2. The number of nitrogens with zero attached hydrogens (tertiary/aromatic N) is 2. The Labute approximate surface area is 121 Å². The van der Waals surface area contributed by atoms with Crippen LogP contribution in [0.2, 0.25) is 0 Å². The monoisotopic (exact) mass is 320 g/mol. The number of hydrogen-bond acceptors (Lipinski definition) is 4. The van der Waals surface area contributed by atoms with Gasteiger partial charge in [0, 0.05) is 12.2 Å². The van der Waals surface area contributed by atoms with Crippen molar-refractivity contribution in [2.24, 2.45) is 0 Å². The van der Waals surface area contributed by atoms with Gasteiger partial charge in [-0.05, 0) is 41.4 Å². The van der Waals surface area contributed by atoms with E-state index in [2.05, 4.69) is 62.5 Å². The highest BCUT2D eigenvalue weighted by Gasteiger charge is 2.08. The second-order valence-corrected chi connectivity index (χ2v) is 5.10. The van der Waals surface area contributed by atoms with E-state index in [1.807, 2.05) is 12.1 Å². The van der Waals surface area contributed by atoms with Gasteiger partial charge in [-0.3, -0.25) is 0 Å². The fraction of sp³-hybridized carbons (Fsp3) is 0.286. The van der Waals surface area contributed by atoms with Crippen LogP contribution in [0, 0.1) is 6.92 Å². The van der Waals surface area contributed by atoms with Gasteiger partial charge in [0.2, 0.25) is 0 Å². The lowest BCUT2D eigenvalue weighted by molar-refractivity contribution is 0.962. The van der Waals surface area contributed by atoms with E-state index >= 15 is 0 Å². The number of rotatable bonds is 5. The molecule has 0 amide bonds. The molecule has 4 nitrogen and oxygen atoms in total. The van der Waals surface area contributed by atoms with Crippen LogP contribution in [-0.4, -0.2) is 16.5 Å². The van der Waals surface area contributed by atoms with Gasteiger partial charge in [-0.1, -0.05) is 24.6 Å². The van der Waals surface area contributed by atoms with Gasteiger partial charge in [0.1, 0.15) is 22.4 Å². The predicted molar refractivity (Wildman–Crippen MR) is 83.0 cm³/mol. The summed E-state index contributed by atoms with van der Waals surface area (Å²) in [5.74, 6) is 1.57. The maximum atomic E-state index is 4.26. The molecule has 5 heteroatoms. The number of anilines is 3. The van der Waals surface area contributed by atoms with Crippen molar-refractivity contribution in [2.45, 2.75) is 20.3 Å². The topological polar surface area (TPSA) is 49.8 Å². The summed E-state index contributed by atoms with van der Waals surface area (Å²) < 4.78 is 0.851. The van der Waals surface area contributed by atoms with Crippen LogP contribution in [0.5, 0.6) is 0 Å². The predicted octanol–water partition coefficient (Wildman–Crippen LogP) is 4.11. The number of hydrogen-bond donors (Lipinski definition) is 2. The zero-order chi connectivity index (χ0) is 13.7. The maximum absolute atomic E-state index is 4.26. The lowest BCUT2D eigenvalue weighted by atomic mass is 10.2. The molecule has 1 aromatic carbocycles. The first-order chi connectivity index (χ1) is 9.20. The fourth-order valence-electron chi connectivity index (χ4n) is 1.60. The van der Waals surface area contributed by atoms with Gasteiger partial charge >= 0.3 is 0 Å². The van der Waals surface area contributed by atoms with Crippen LogP contribution in [0.1, 0.15) is 18.9 Å². The Kier molecular flexibility index (Phi) is 4.74. The largest absolute Gasteiger partial charge is 0.369 e. The van der Waals surface area contributed by atoms with Gasteiger partial charge in [0.15, 0.2) is 0 Å². The number of benzene rings is 1. The lowest BCUT2D eigenvalue weighted by Crippen LogP contribution is -2.05. The minimum Gasteiger partial charge on any atom is -0.369 e. The molecule has 0 aliphatic carbocycles. The molecule has 0 atom stereocenters. The number of aryl methyl sites for hydroxylation is 1. The molecule has 1 heterocycles. The van der Waals surface area contributed by atoms with Crippen molar-refractivity contribution in [2.75, 3.05) is 17.2 Å². The summed E-state index contributed by atoms with van der Waals surface area (Å²) >= 11 is 3.53. The van der Waals surface area contributed by atoms with Crippen LogP contribution in [0.25, 0.3) is 0 Å². The van der Waals surface area contributed by atoms with E-state index in [4.69, 9.17) is 0 Å². The molecule has 0 aliphatic heterocycles. The van der Waals surface area contributed by atoms with Crippen LogP contribution in [0.4, 0.5) is 17.3 Å². The average Bonchev–Trinajstić information content (AvgIpc) is 2.42. The quantitative estimate of drug-likeness (QED) is 0.870. The van der Waals surface area contributed by atoms with Gasteiger partial charge in [0.25, 0.3) is 0 Å². The second-order valence-electron chi connectivity index (χ2n) is 4.30. The zero-order valence-electron chi connectivity index (χ0n) is 11.1. The summed E-state index contributed by atoms with van der Waals surface area (Å²) in [6.07, 6.45) is 2.61. The third-order valence-electron chi connectivity index (χ3n) is 2.65. The third kappa shape index (κ3) is 3.67. The molecular weight excluding hydrogens is 304 g/mol. The standard InChI is InChI=1S/C14H17BrN4/c1-3-8-16-13-12(15)14(18-9-17-13)19-11-6-4-10(2)5-7-11/h4-7,9H,3,8H2,1-2H3,(H2,16,17,18,19). The molecule has 100 valence electrons. The summed E-state index contributed by atoms with van der Waals surface area (Å²) in [6, 6.07) is 8.19. The van der Waals surface area contributed by atoms with Gasteiger partial charge in [-0.25, -0.2) is 9.97 Å². The molecule has 0 bridgehead atoms. The van der Waals surface area contributed by atoms with Gasteiger partial charge in [0.05, 0.1) is 0 Å². The molecule has 0 fully saturated rings. The second kappa shape index (κ2) is 6.52. The Hall–Kier alpha value is -1.62. The van der Waals surface area contributed by atoms with E-state index in [1.54, 1.807) is 6.33 Å². The first-order valence-electron chi connectivity index (χ1n) is 6.28. The van der Waals surface area contributed by atoms with Gasteiger partial charge in [-0.15, -0.1) is 0 Å². The van der Waals surface area contributed by atoms with E-state index in [-0.39, 0.29) is 0 Å². The van der Waals surface area contributed by atoms with Crippen molar-refractivity contribution in [1.29, 1.82) is 0 Å². The number of halogens is 1. The van der Waals surface area contributed by atoms with E-state index in [1.165, 1.54) is 5.56 Å². The first-order valence-corrected chi connectivity index (χ1v) is 7.08. The van der Waals surface area contributed by atoms with E-state index in [9.17, 15) is 0 Å². The molecule has 0 saturated carbocycles. The molecule has 2 N–H and O–H groups in total. The van der Waals surface area contributed by atoms with Crippen LogP contribution in [-0.2, 0) is 0 Å². The van der Waals surface area contributed by atoms with Crippen molar-refractivity contribution < 1.29 is 0 Å². The molecule has 0 spiro atoms. The summed E-state index contributed by atoms with van der Waals surface area (Å²) in [7, 11) is 0. The molecule has 19 heavy (non-hydrogen) atoms. The highest BCUT2D eigenvalue weighted by molar-refractivity contribution is 9.10. The summed E-state index contributed by atoms with van der Waals surface area (Å²) in [5, 5.41) is 6.54. The van der Waals surface area contributed by atoms with Crippen LogP contribution < -0.4 is 10.6 Å². The van der Waals surface area contributed by atoms with E-state index in [0.29, 0.717) is 0 Å². The Morgan fingerprint density at radius 1 is 1.11 bits per heavy atom. The smallest absolute Gasteiger partial charge is 0.150 e. The molecule has 0 aliphatic rings. The van der Waals surface area contributed by atoms with Gasteiger partial charge < -0.3 is 10.6 Å². The van der Waals surface area contributed by atoms with Gasteiger partial charge in [-0.2, -0.15) is 0 Å². The summed E-state index contributed by atoms with van der Waals surface area (Å²) in [4.78, 5) is 8.48. The highest BCUT2D eigenvalue weighted by Crippen LogP contribution is 2.28. The third-order valence-corrected chi connectivity index (χ3v) is 3.40. The lowest BCUT2D eigenvalue weighted by Gasteiger charge is -2.11. The Balaban J connectivity index is 2.18. The van der Waals surface area contributed by atoms with Crippen molar-refractivity contribution in [3.8, 4) is 0 Å². The molecule has 0 saturated heterocycles. The SMILES string of the molecule is CCCNc1ncnc(Nc2ccc(C)cc2)c1Br. The molecular formula is C14H17BrN4. The summed E-state index contributed by atoms with van der Waals surface area (Å²) in [5.41, 5.74) is 2.24. The molecule has 0 unspecified atom stereocenters. The maximum Gasteiger partial charge on any atom is 0.150 e. The van der Waals surface area contributed by atoms with Crippen molar-refractivity contribution in [3.05, 3.63) is 40.6 Å². The highest BCUT2D eigenvalue weighted by atomic mass is 79.9. The fourth-order valence-corrected chi connectivity index (χ4v) is 2.04. The number of aromatic nitrogens is 2. The van der Waals surface area contributed by atoms with Crippen LogP contribution >= 0.6 is 15.9 Å². The van der Waals surface area contributed by atoms with Crippen molar-refractivity contribution >= 4 is 33.3 Å². The molecule has 1 aromatic heterocycles. The summed E-state index contributed by atoms with van der Waals surface area (Å²) in [6.45, 7) is 5.07. The Morgan fingerprint density at radius 2 is 1.79 bits per heavy atom. The zero-order valence-corrected chi connectivity index (χ0v) is 12.7. The molecule has 2 aromatic rings. The van der Waals surface area contributed by atoms with Crippen LogP contribution in [0.15, 0.2) is 35.1 Å². The van der Waals surface area contributed by atoms with E-state index < -0.39 is 0 Å².